The van der Waals surface area contributed by atoms with Crippen molar-refractivity contribution in [2.24, 2.45) is 5.92 Å². The van der Waals surface area contributed by atoms with Crippen LogP contribution in [0, 0.1) is 17.8 Å². The molecule has 3 heterocycles. The molecule has 1 aromatic carbocycles. The Balaban J connectivity index is 1.50. The Hall–Kier alpha value is -3.10. The summed E-state index contributed by atoms with van der Waals surface area (Å²) in [4.78, 5) is 8.92. The minimum absolute atomic E-state index is 0.240. The van der Waals surface area contributed by atoms with Gasteiger partial charge in [0.2, 0.25) is 5.88 Å². The van der Waals surface area contributed by atoms with E-state index in [4.69, 9.17) is 9.72 Å². The summed E-state index contributed by atoms with van der Waals surface area (Å²) < 4.78 is 7.58. The second kappa shape index (κ2) is 8.28. The van der Waals surface area contributed by atoms with E-state index in [2.05, 4.69) is 39.7 Å². The summed E-state index contributed by atoms with van der Waals surface area (Å²) in [5.74, 6) is 8.38. The Morgan fingerprint density at radius 1 is 1.18 bits per heavy atom. The summed E-state index contributed by atoms with van der Waals surface area (Å²) in [6, 6.07) is 11.9. The van der Waals surface area contributed by atoms with Gasteiger partial charge < -0.3 is 14.4 Å². The molecule has 0 fully saturated rings. The van der Waals surface area contributed by atoms with Gasteiger partial charge in [-0.3, -0.25) is 0 Å². The van der Waals surface area contributed by atoms with E-state index in [1.165, 1.54) is 0 Å². The summed E-state index contributed by atoms with van der Waals surface area (Å²) in [5, 5.41) is 9.39. The third-order valence-corrected chi connectivity index (χ3v) is 4.91. The van der Waals surface area contributed by atoms with Crippen LogP contribution in [0.5, 0.6) is 5.88 Å². The fourth-order valence-electron chi connectivity index (χ4n) is 3.39. The van der Waals surface area contributed by atoms with Crippen LogP contribution in [0.2, 0.25) is 0 Å². The second-order valence-electron chi connectivity index (χ2n) is 6.93. The zero-order valence-electron chi connectivity index (χ0n) is 15.9. The summed E-state index contributed by atoms with van der Waals surface area (Å²) in [6.07, 6.45) is 5.72. The highest BCUT2D eigenvalue weighted by Crippen LogP contribution is 2.25. The van der Waals surface area contributed by atoms with Crippen LogP contribution in [-0.4, -0.2) is 32.9 Å². The van der Waals surface area contributed by atoms with Crippen LogP contribution in [0.25, 0.3) is 11.3 Å². The monoisotopic (exact) mass is 373 g/mol. The van der Waals surface area contributed by atoms with Crippen molar-refractivity contribution in [1.29, 1.82) is 0 Å². The molecule has 0 radical (unpaired) electrons. The number of ether oxygens (including phenoxy) is 1. The molecule has 5 heteroatoms. The Morgan fingerprint density at radius 2 is 2.00 bits per heavy atom. The van der Waals surface area contributed by atoms with Crippen molar-refractivity contribution in [2.45, 2.75) is 26.3 Å². The maximum atomic E-state index is 9.39. The van der Waals surface area contributed by atoms with E-state index in [1.807, 2.05) is 31.2 Å². The Morgan fingerprint density at radius 3 is 2.79 bits per heavy atom. The second-order valence-corrected chi connectivity index (χ2v) is 6.93. The van der Waals surface area contributed by atoms with Crippen molar-refractivity contribution in [3.05, 3.63) is 65.7 Å². The van der Waals surface area contributed by atoms with Gasteiger partial charge in [-0.25, -0.2) is 9.97 Å². The minimum atomic E-state index is 0.240. The fraction of sp³-hybridized carbons (Fsp3) is 0.304. The molecule has 0 aliphatic carbocycles. The maximum absolute atomic E-state index is 9.39. The first-order valence-electron chi connectivity index (χ1n) is 9.63. The molecule has 5 nitrogen and oxygen atoms in total. The van der Waals surface area contributed by atoms with Crippen molar-refractivity contribution in [3.8, 4) is 29.0 Å². The largest absolute Gasteiger partial charge is 0.478 e. The molecule has 4 rings (SSSR count). The summed E-state index contributed by atoms with van der Waals surface area (Å²) in [5.41, 5.74) is 3.88. The van der Waals surface area contributed by atoms with Crippen molar-refractivity contribution in [2.75, 3.05) is 13.2 Å². The van der Waals surface area contributed by atoms with Crippen molar-refractivity contribution in [1.82, 2.24) is 14.5 Å². The molecular formula is C23H23N3O2. The minimum Gasteiger partial charge on any atom is -0.478 e. The molecule has 1 aliphatic heterocycles. The fourth-order valence-corrected chi connectivity index (χ4v) is 3.39. The van der Waals surface area contributed by atoms with E-state index in [1.54, 1.807) is 6.20 Å². The molecule has 0 spiro atoms. The van der Waals surface area contributed by atoms with Crippen LogP contribution in [0.1, 0.15) is 30.3 Å². The van der Waals surface area contributed by atoms with Crippen LogP contribution >= 0.6 is 0 Å². The molecule has 1 unspecified atom stereocenters. The first-order chi connectivity index (χ1) is 13.7. The first-order valence-corrected chi connectivity index (χ1v) is 9.63. The number of aromatic nitrogens is 3. The third-order valence-electron chi connectivity index (χ3n) is 4.91. The number of fused-ring (bicyclic) bond motifs is 1. The Labute approximate surface area is 165 Å². The lowest BCUT2D eigenvalue weighted by Crippen LogP contribution is -2.22. The van der Waals surface area contributed by atoms with Crippen LogP contribution < -0.4 is 4.74 Å². The number of imidazole rings is 1. The SMILES string of the molecule is CCOc1cc(C#Cc2ccc(-c3cn4c(n3)CCC(CO)C4)cc2)ccn1. The highest BCUT2D eigenvalue weighted by Gasteiger charge is 2.20. The zero-order valence-corrected chi connectivity index (χ0v) is 15.9. The van der Waals surface area contributed by atoms with Gasteiger partial charge in [0, 0.05) is 60.6 Å². The van der Waals surface area contributed by atoms with Crippen LogP contribution in [0.3, 0.4) is 0 Å². The van der Waals surface area contributed by atoms with Gasteiger partial charge in [-0.1, -0.05) is 24.0 Å². The topological polar surface area (TPSA) is 60.2 Å². The molecule has 1 atom stereocenters. The average molecular weight is 373 g/mol. The van der Waals surface area contributed by atoms with Gasteiger partial charge in [-0.15, -0.1) is 0 Å². The van der Waals surface area contributed by atoms with Crippen molar-refractivity contribution in [3.63, 3.8) is 0 Å². The smallest absolute Gasteiger partial charge is 0.214 e. The lowest BCUT2D eigenvalue weighted by Gasteiger charge is -2.21. The van der Waals surface area contributed by atoms with Crippen molar-refractivity contribution >= 4 is 0 Å². The Kier molecular flexibility index (Phi) is 5.41. The molecule has 142 valence electrons. The average Bonchev–Trinajstić information content (AvgIpc) is 3.16. The molecule has 1 aliphatic rings. The van der Waals surface area contributed by atoms with Crippen molar-refractivity contribution < 1.29 is 9.84 Å². The lowest BCUT2D eigenvalue weighted by atomic mass is 10.0. The number of aliphatic hydroxyl groups is 1. The number of nitrogens with zero attached hydrogens (tertiary/aromatic N) is 3. The number of aryl methyl sites for hydroxylation is 1. The van der Waals surface area contributed by atoms with Crippen LogP contribution in [0.4, 0.5) is 0 Å². The number of benzene rings is 1. The number of hydrogen-bond donors (Lipinski definition) is 1. The van der Waals surface area contributed by atoms with Gasteiger partial charge in [-0.2, -0.15) is 0 Å². The third kappa shape index (κ3) is 4.08. The number of rotatable bonds is 4. The molecule has 2 aromatic heterocycles. The molecule has 0 bridgehead atoms. The van der Waals surface area contributed by atoms with Gasteiger partial charge in [0.25, 0.3) is 0 Å². The van der Waals surface area contributed by atoms with E-state index in [-0.39, 0.29) is 6.61 Å². The van der Waals surface area contributed by atoms with Gasteiger partial charge >= 0.3 is 0 Å². The zero-order chi connectivity index (χ0) is 19.3. The van der Waals surface area contributed by atoms with Crippen LogP contribution in [0.15, 0.2) is 48.8 Å². The number of hydrogen-bond acceptors (Lipinski definition) is 4. The first kappa shape index (κ1) is 18.3. The summed E-state index contributed by atoms with van der Waals surface area (Å²) in [7, 11) is 0. The molecular weight excluding hydrogens is 350 g/mol. The van der Waals surface area contributed by atoms with E-state index < -0.39 is 0 Å². The van der Waals surface area contributed by atoms with E-state index in [0.29, 0.717) is 18.4 Å². The van der Waals surface area contributed by atoms with E-state index >= 15 is 0 Å². The van der Waals surface area contributed by atoms with Gasteiger partial charge in [0.1, 0.15) is 5.82 Å². The highest BCUT2D eigenvalue weighted by molar-refractivity contribution is 5.60. The predicted octanol–water partition coefficient (Wildman–Crippen LogP) is 3.30. The number of aliphatic hydroxyl groups excluding tert-OH is 1. The normalized spacial score (nSPS) is 15.4. The standard InChI is InChI=1S/C23H23N3O2/c1-2-28-23-13-18(11-12-24-23)4-3-17-5-8-20(9-6-17)21-15-26-14-19(16-27)7-10-22(26)25-21/h5-6,8-9,11-13,15,19,27H,2,7,10,14,16H2,1H3. The Bertz CT molecular complexity index is 1010. The van der Waals surface area contributed by atoms with Gasteiger partial charge in [0.05, 0.1) is 12.3 Å². The van der Waals surface area contributed by atoms with Gasteiger partial charge in [-0.05, 0) is 31.5 Å². The molecule has 3 aromatic rings. The summed E-state index contributed by atoms with van der Waals surface area (Å²) >= 11 is 0. The molecule has 0 saturated carbocycles. The van der Waals surface area contributed by atoms with Crippen LogP contribution in [-0.2, 0) is 13.0 Å². The van der Waals surface area contributed by atoms with E-state index in [9.17, 15) is 5.11 Å². The van der Waals surface area contributed by atoms with E-state index in [0.717, 1.165) is 47.6 Å². The maximum Gasteiger partial charge on any atom is 0.214 e. The lowest BCUT2D eigenvalue weighted by molar-refractivity contribution is 0.190. The van der Waals surface area contributed by atoms with Gasteiger partial charge in [0.15, 0.2) is 0 Å². The number of pyridine rings is 1. The quantitative estimate of drug-likeness (QED) is 0.713. The molecule has 0 saturated heterocycles. The summed E-state index contributed by atoms with van der Waals surface area (Å²) in [6.45, 7) is 3.61. The molecule has 0 amide bonds. The highest BCUT2D eigenvalue weighted by atomic mass is 16.5. The molecule has 28 heavy (non-hydrogen) atoms. The molecule has 1 N–H and O–H groups in total. The predicted molar refractivity (Wildman–Crippen MR) is 108 cm³/mol.